The predicted molar refractivity (Wildman–Crippen MR) is 72.1 cm³/mol. The minimum Gasteiger partial charge on any atom is -0.379 e. The Hall–Kier alpha value is -1.47. The van der Waals surface area contributed by atoms with Gasteiger partial charge < -0.3 is 25.3 Å². The topological polar surface area (TPSA) is 82.8 Å². The summed E-state index contributed by atoms with van der Waals surface area (Å²) in [5.41, 5.74) is 6.66. The van der Waals surface area contributed by atoms with Crippen LogP contribution in [0.4, 0.5) is 5.69 Å². The lowest BCUT2D eigenvalue weighted by molar-refractivity contribution is -0.121. The van der Waals surface area contributed by atoms with Crippen LogP contribution in [0.3, 0.4) is 0 Å². The van der Waals surface area contributed by atoms with Crippen LogP contribution in [0.1, 0.15) is 18.3 Å². The minimum atomic E-state index is -0.934. The molecule has 0 spiro atoms. The molecular weight excluding hydrogens is 260 g/mol. The van der Waals surface area contributed by atoms with Crippen molar-refractivity contribution in [2.75, 3.05) is 31.7 Å². The number of amides is 1. The molecule has 2 heterocycles. The van der Waals surface area contributed by atoms with E-state index in [1.54, 1.807) is 0 Å². The molecule has 0 bridgehead atoms. The highest BCUT2D eigenvalue weighted by Gasteiger charge is 2.38. The van der Waals surface area contributed by atoms with Gasteiger partial charge >= 0.3 is 0 Å². The molecule has 108 valence electrons. The van der Waals surface area contributed by atoms with Crippen LogP contribution < -0.4 is 11.1 Å². The number of hydrogen-bond acceptors (Lipinski definition) is 5. The highest BCUT2D eigenvalue weighted by atomic mass is 16.7. The Balaban J connectivity index is 1.71. The summed E-state index contributed by atoms with van der Waals surface area (Å²) < 4.78 is 16.1. The number of nitrogens with two attached hydrogens (primary N) is 1. The van der Waals surface area contributed by atoms with Gasteiger partial charge in [-0.15, -0.1) is 0 Å². The Kier molecular flexibility index (Phi) is 3.71. The molecule has 6 heteroatoms. The van der Waals surface area contributed by atoms with Gasteiger partial charge in [-0.2, -0.15) is 0 Å². The molecular formula is C14H18N2O4. The van der Waals surface area contributed by atoms with Gasteiger partial charge in [0.25, 0.3) is 0 Å². The fourth-order valence-corrected chi connectivity index (χ4v) is 2.33. The average Bonchev–Trinajstić information content (AvgIpc) is 3.11. The van der Waals surface area contributed by atoms with E-state index in [0.29, 0.717) is 31.9 Å². The summed E-state index contributed by atoms with van der Waals surface area (Å²) in [4.78, 5) is 12.2. The van der Waals surface area contributed by atoms with Gasteiger partial charge in [-0.05, 0) is 18.6 Å². The standard InChI is InChI=1S/C14H18N2O4/c15-14(4-5-18-9-14)13(17)16-11-3-1-2-10(8-11)12-19-6-7-20-12/h1-3,8,12H,4-7,9,15H2,(H,16,17). The first-order valence-corrected chi connectivity index (χ1v) is 6.69. The molecule has 1 amide bonds. The first kappa shape index (κ1) is 13.5. The number of rotatable bonds is 3. The van der Waals surface area contributed by atoms with Gasteiger partial charge in [0, 0.05) is 17.9 Å². The van der Waals surface area contributed by atoms with E-state index in [9.17, 15) is 4.79 Å². The van der Waals surface area contributed by atoms with Gasteiger partial charge in [-0.25, -0.2) is 0 Å². The Bertz CT molecular complexity index is 494. The number of anilines is 1. The van der Waals surface area contributed by atoms with E-state index in [-0.39, 0.29) is 18.8 Å². The largest absolute Gasteiger partial charge is 0.379 e. The van der Waals surface area contributed by atoms with Gasteiger partial charge in [0.15, 0.2) is 6.29 Å². The van der Waals surface area contributed by atoms with Gasteiger partial charge in [-0.3, -0.25) is 4.79 Å². The molecule has 0 aliphatic carbocycles. The molecule has 0 radical (unpaired) electrons. The monoisotopic (exact) mass is 278 g/mol. The van der Waals surface area contributed by atoms with Crippen molar-refractivity contribution < 1.29 is 19.0 Å². The average molecular weight is 278 g/mol. The van der Waals surface area contributed by atoms with E-state index >= 15 is 0 Å². The van der Waals surface area contributed by atoms with Gasteiger partial charge in [0.05, 0.1) is 19.8 Å². The minimum absolute atomic E-state index is 0.222. The zero-order valence-electron chi connectivity index (χ0n) is 11.1. The number of benzene rings is 1. The predicted octanol–water partition coefficient (Wildman–Crippen LogP) is 0.788. The van der Waals surface area contributed by atoms with Crippen molar-refractivity contribution in [3.8, 4) is 0 Å². The third-order valence-corrected chi connectivity index (χ3v) is 3.54. The number of carbonyl (C=O) groups is 1. The van der Waals surface area contributed by atoms with E-state index in [4.69, 9.17) is 19.9 Å². The Morgan fingerprint density at radius 1 is 1.30 bits per heavy atom. The van der Waals surface area contributed by atoms with Crippen molar-refractivity contribution in [1.82, 2.24) is 0 Å². The molecule has 20 heavy (non-hydrogen) atoms. The first-order valence-electron chi connectivity index (χ1n) is 6.69. The molecule has 1 aromatic carbocycles. The summed E-state index contributed by atoms with van der Waals surface area (Å²) in [7, 11) is 0. The summed E-state index contributed by atoms with van der Waals surface area (Å²) in [6, 6.07) is 7.41. The summed E-state index contributed by atoms with van der Waals surface area (Å²) in [6.07, 6.45) is 0.182. The van der Waals surface area contributed by atoms with Crippen molar-refractivity contribution in [1.29, 1.82) is 0 Å². The second-order valence-electron chi connectivity index (χ2n) is 5.11. The molecule has 1 unspecified atom stereocenters. The first-order chi connectivity index (χ1) is 9.67. The van der Waals surface area contributed by atoms with Crippen molar-refractivity contribution >= 4 is 11.6 Å². The van der Waals surface area contributed by atoms with E-state index in [0.717, 1.165) is 5.56 Å². The van der Waals surface area contributed by atoms with Crippen LogP contribution in [0.25, 0.3) is 0 Å². The highest BCUT2D eigenvalue weighted by molar-refractivity contribution is 5.98. The van der Waals surface area contributed by atoms with Gasteiger partial charge in [0.2, 0.25) is 5.91 Å². The van der Waals surface area contributed by atoms with E-state index < -0.39 is 5.54 Å². The van der Waals surface area contributed by atoms with Crippen LogP contribution in [0.5, 0.6) is 0 Å². The van der Waals surface area contributed by atoms with Crippen LogP contribution >= 0.6 is 0 Å². The fourth-order valence-electron chi connectivity index (χ4n) is 2.33. The van der Waals surface area contributed by atoms with Crippen LogP contribution in [0, 0.1) is 0 Å². The third-order valence-electron chi connectivity index (χ3n) is 3.54. The van der Waals surface area contributed by atoms with Crippen molar-refractivity contribution in [2.45, 2.75) is 18.2 Å². The fraction of sp³-hybridized carbons (Fsp3) is 0.500. The maximum absolute atomic E-state index is 12.2. The molecule has 0 saturated carbocycles. The zero-order valence-corrected chi connectivity index (χ0v) is 11.1. The molecule has 0 aromatic heterocycles. The molecule has 2 aliphatic rings. The van der Waals surface area contributed by atoms with Gasteiger partial charge in [0.1, 0.15) is 5.54 Å². The third kappa shape index (κ3) is 2.69. The summed E-state index contributed by atoms with van der Waals surface area (Å²) in [5.74, 6) is -0.222. The molecule has 1 aromatic rings. The van der Waals surface area contributed by atoms with Crippen molar-refractivity contribution in [2.24, 2.45) is 5.73 Å². The van der Waals surface area contributed by atoms with E-state index in [2.05, 4.69) is 5.32 Å². The van der Waals surface area contributed by atoms with Crippen molar-refractivity contribution in [3.05, 3.63) is 29.8 Å². The summed E-state index contributed by atoms with van der Waals surface area (Å²) in [6.45, 7) is 1.95. The zero-order chi connectivity index (χ0) is 14.0. The number of ether oxygens (including phenoxy) is 3. The maximum Gasteiger partial charge on any atom is 0.246 e. The quantitative estimate of drug-likeness (QED) is 0.854. The molecule has 6 nitrogen and oxygen atoms in total. The normalized spacial score (nSPS) is 26.9. The van der Waals surface area contributed by atoms with Crippen molar-refractivity contribution in [3.63, 3.8) is 0 Å². The summed E-state index contributed by atoms with van der Waals surface area (Å²) in [5, 5.41) is 2.83. The number of carbonyl (C=O) groups excluding carboxylic acids is 1. The van der Waals surface area contributed by atoms with E-state index in [1.165, 1.54) is 0 Å². The molecule has 3 N–H and O–H groups in total. The lowest BCUT2D eigenvalue weighted by Crippen LogP contribution is -2.51. The number of hydrogen-bond donors (Lipinski definition) is 2. The molecule has 2 saturated heterocycles. The lowest BCUT2D eigenvalue weighted by atomic mass is 9.99. The molecule has 2 fully saturated rings. The van der Waals surface area contributed by atoms with Crippen LogP contribution in [-0.2, 0) is 19.0 Å². The second-order valence-corrected chi connectivity index (χ2v) is 5.11. The highest BCUT2D eigenvalue weighted by Crippen LogP contribution is 2.26. The Labute approximate surface area is 117 Å². The molecule has 3 rings (SSSR count). The van der Waals surface area contributed by atoms with E-state index in [1.807, 2.05) is 24.3 Å². The lowest BCUT2D eigenvalue weighted by Gasteiger charge is -2.21. The van der Waals surface area contributed by atoms with Crippen LogP contribution in [0.2, 0.25) is 0 Å². The maximum atomic E-state index is 12.2. The van der Waals surface area contributed by atoms with Gasteiger partial charge in [-0.1, -0.05) is 12.1 Å². The molecule has 2 aliphatic heterocycles. The van der Waals surface area contributed by atoms with Crippen LogP contribution in [-0.4, -0.2) is 37.9 Å². The van der Waals surface area contributed by atoms with Crippen LogP contribution in [0.15, 0.2) is 24.3 Å². The smallest absolute Gasteiger partial charge is 0.246 e. The molecule has 1 atom stereocenters. The Morgan fingerprint density at radius 3 is 2.80 bits per heavy atom. The second kappa shape index (κ2) is 5.49. The summed E-state index contributed by atoms with van der Waals surface area (Å²) >= 11 is 0. The Morgan fingerprint density at radius 2 is 2.10 bits per heavy atom. The SMILES string of the molecule is NC1(C(=O)Nc2cccc(C3OCCO3)c2)CCOC1. The number of nitrogens with one attached hydrogen (secondary N) is 1.